The van der Waals surface area contributed by atoms with Crippen LogP contribution in [0.2, 0.25) is 0 Å². The van der Waals surface area contributed by atoms with Crippen molar-refractivity contribution in [3.63, 3.8) is 0 Å². The Kier molecular flexibility index (Phi) is 4.41. The molecule has 1 aromatic carbocycles. The Morgan fingerprint density at radius 1 is 1.12 bits per heavy atom. The first kappa shape index (κ1) is 16.8. The molecular formula is C19H25N3O2S. The number of fused-ring (bicyclic) bond motifs is 1. The smallest absolute Gasteiger partial charge is 0.243 e. The maximum Gasteiger partial charge on any atom is 0.243 e. The van der Waals surface area contributed by atoms with Gasteiger partial charge in [-0.25, -0.2) is 8.42 Å². The van der Waals surface area contributed by atoms with Crippen LogP contribution in [0.4, 0.5) is 0 Å². The lowest BCUT2D eigenvalue weighted by molar-refractivity contribution is 0.311. The first-order valence-electron chi connectivity index (χ1n) is 9.18. The van der Waals surface area contributed by atoms with Crippen molar-refractivity contribution in [2.45, 2.75) is 62.4 Å². The molecule has 1 saturated carbocycles. The van der Waals surface area contributed by atoms with E-state index in [1.54, 1.807) is 28.6 Å². The Bertz CT molecular complexity index is 852. The minimum absolute atomic E-state index is 0.0873. The molecule has 0 radical (unpaired) electrons. The largest absolute Gasteiger partial charge is 0.272 e. The quantitative estimate of drug-likeness (QED) is 0.824. The van der Waals surface area contributed by atoms with Gasteiger partial charge in [-0.05, 0) is 49.8 Å². The highest BCUT2D eigenvalue weighted by molar-refractivity contribution is 7.89. The Balaban J connectivity index is 1.71. The summed E-state index contributed by atoms with van der Waals surface area (Å²) in [5.41, 5.74) is 3.49. The van der Waals surface area contributed by atoms with Gasteiger partial charge in [-0.3, -0.25) is 4.68 Å². The lowest BCUT2D eigenvalue weighted by Crippen LogP contribution is -2.38. The molecule has 0 bridgehead atoms. The van der Waals surface area contributed by atoms with Crippen LogP contribution in [-0.2, 0) is 36.5 Å². The molecule has 0 amide bonds. The number of benzene rings is 1. The Hall–Kier alpha value is -1.66. The maximum absolute atomic E-state index is 13.3. The number of nitrogens with zero attached hydrogens (tertiary/aromatic N) is 3. The molecule has 1 fully saturated rings. The fourth-order valence-corrected chi connectivity index (χ4v) is 5.97. The standard InChI is InChI=1S/C19H25N3O2S/c1-21-19-13-7-12-17(19)18(20-21)14-22(15-8-5-6-9-15)25(23,24)16-10-3-2-4-11-16/h2-4,10-11,15H,5-9,12-14H2,1H3. The summed E-state index contributed by atoms with van der Waals surface area (Å²) < 4.78 is 30.3. The van der Waals surface area contributed by atoms with Crippen molar-refractivity contribution in [1.29, 1.82) is 0 Å². The highest BCUT2D eigenvalue weighted by atomic mass is 32.2. The van der Waals surface area contributed by atoms with E-state index in [-0.39, 0.29) is 6.04 Å². The van der Waals surface area contributed by atoms with Crippen LogP contribution >= 0.6 is 0 Å². The van der Waals surface area contributed by atoms with E-state index in [0.717, 1.165) is 50.6 Å². The van der Waals surface area contributed by atoms with E-state index < -0.39 is 10.0 Å². The molecule has 2 aliphatic rings. The molecule has 2 aromatic rings. The Morgan fingerprint density at radius 2 is 1.84 bits per heavy atom. The molecule has 0 aliphatic heterocycles. The van der Waals surface area contributed by atoms with E-state index in [4.69, 9.17) is 0 Å². The average Bonchev–Trinajstić information content (AvgIpc) is 3.34. The normalized spacial score (nSPS) is 18.2. The van der Waals surface area contributed by atoms with Crippen LogP contribution in [-0.4, -0.2) is 28.5 Å². The van der Waals surface area contributed by atoms with Gasteiger partial charge < -0.3 is 0 Å². The van der Waals surface area contributed by atoms with Gasteiger partial charge in [-0.15, -0.1) is 0 Å². The van der Waals surface area contributed by atoms with E-state index in [9.17, 15) is 8.42 Å². The molecule has 0 atom stereocenters. The lowest BCUT2D eigenvalue weighted by Gasteiger charge is -2.27. The van der Waals surface area contributed by atoms with Gasteiger partial charge in [0, 0.05) is 18.8 Å². The molecule has 0 saturated heterocycles. The van der Waals surface area contributed by atoms with Crippen molar-refractivity contribution >= 4 is 10.0 Å². The second-order valence-corrected chi connectivity index (χ2v) is 9.04. The van der Waals surface area contributed by atoms with Crippen LogP contribution in [0.3, 0.4) is 0 Å². The van der Waals surface area contributed by atoms with Crippen molar-refractivity contribution in [2.24, 2.45) is 7.05 Å². The van der Waals surface area contributed by atoms with Gasteiger partial charge in [-0.1, -0.05) is 31.0 Å². The molecule has 0 unspecified atom stereocenters. The third kappa shape index (κ3) is 3.02. The predicted octanol–water partition coefficient (Wildman–Crippen LogP) is 3.04. The molecular weight excluding hydrogens is 334 g/mol. The molecule has 5 nitrogen and oxygen atoms in total. The first-order chi connectivity index (χ1) is 12.1. The zero-order valence-electron chi connectivity index (χ0n) is 14.7. The average molecular weight is 359 g/mol. The van der Waals surface area contributed by atoms with Gasteiger partial charge in [0.05, 0.1) is 17.1 Å². The van der Waals surface area contributed by atoms with Crippen LogP contribution in [0.25, 0.3) is 0 Å². The third-order valence-corrected chi connectivity index (χ3v) is 7.50. The number of rotatable bonds is 5. The third-order valence-electron chi connectivity index (χ3n) is 5.59. The zero-order valence-corrected chi connectivity index (χ0v) is 15.5. The topological polar surface area (TPSA) is 55.2 Å². The van der Waals surface area contributed by atoms with Crippen molar-refractivity contribution < 1.29 is 8.42 Å². The van der Waals surface area contributed by atoms with E-state index in [1.165, 1.54) is 11.3 Å². The van der Waals surface area contributed by atoms with Gasteiger partial charge in [0.2, 0.25) is 10.0 Å². The van der Waals surface area contributed by atoms with Crippen molar-refractivity contribution in [3.8, 4) is 0 Å². The van der Waals surface area contributed by atoms with Crippen molar-refractivity contribution in [2.75, 3.05) is 0 Å². The summed E-state index contributed by atoms with van der Waals surface area (Å²) in [7, 11) is -1.54. The fraction of sp³-hybridized carbons (Fsp3) is 0.526. The Morgan fingerprint density at radius 3 is 2.56 bits per heavy atom. The number of aromatic nitrogens is 2. The predicted molar refractivity (Wildman–Crippen MR) is 96.7 cm³/mol. The van der Waals surface area contributed by atoms with Crippen LogP contribution in [0.15, 0.2) is 35.2 Å². The highest BCUT2D eigenvalue weighted by Gasteiger charge is 2.35. The van der Waals surface area contributed by atoms with E-state index >= 15 is 0 Å². The summed E-state index contributed by atoms with van der Waals surface area (Å²) in [4.78, 5) is 0.384. The molecule has 1 aromatic heterocycles. The highest BCUT2D eigenvalue weighted by Crippen LogP contribution is 2.32. The molecule has 134 valence electrons. The lowest BCUT2D eigenvalue weighted by atomic mass is 10.2. The summed E-state index contributed by atoms with van der Waals surface area (Å²) in [5, 5.41) is 4.66. The molecule has 1 heterocycles. The molecule has 4 rings (SSSR count). The van der Waals surface area contributed by atoms with Gasteiger partial charge in [-0.2, -0.15) is 9.40 Å². The van der Waals surface area contributed by atoms with Gasteiger partial charge in [0.25, 0.3) is 0 Å². The van der Waals surface area contributed by atoms with Crippen molar-refractivity contribution in [1.82, 2.24) is 14.1 Å². The minimum atomic E-state index is -3.51. The van der Waals surface area contributed by atoms with Crippen molar-refractivity contribution in [3.05, 3.63) is 47.3 Å². The number of hydrogen-bond donors (Lipinski definition) is 0. The van der Waals surface area contributed by atoms with Crippen LogP contribution in [0.1, 0.15) is 49.1 Å². The summed E-state index contributed by atoms with van der Waals surface area (Å²) in [6.07, 6.45) is 7.30. The maximum atomic E-state index is 13.3. The second-order valence-electron chi connectivity index (χ2n) is 7.15. The first-order valence-corrected chi connectivity index (χ1v) is 10.6. The molecule has 6 heteroatoms. The zero-order chi connectivity index (χ0) is 17.4. The molecule has 25 heavy (non-hydrogen) atoms. The summed E-state index contributed by atoms with van der Waals surface area (Å²) in [6.45, 7) is 0.394. The monoisotopic (exact) mass is 359 g/mol. The Labute approximate surface area is 149 Å². The van der Waals surface area contributed by atoms with Crippen LogP contribution in [0.5, 0.6) is 0 Å². The van der Waals surface area contributed by atoms with Gasteiger partial charge >= 0.3 is 0 Å². The fourth-order valence-electron chi connectivity index (χ4n) is 4.30. The molecule has 0 spiro atoms. The summed E-state index contributed by atoms with van der Waals surface area (Å²) >= 11 is 0. The van der Waals surface area contributed by atoms with Gasteiger partial charge in [0.1, 0.15) is 0 Å². The van der Waals surface area contributed by atoms with E-state index in [1.807, 2.05) is 17.8 Å². The summed E-state index contributed by atoms with van der Waals surface area (Å²) in [5.74, 6) is 0. The van der Waals surface area contributed by atoms with Crippen LogP contribution < -0.4 is 0 Å². The van der Waals surface area contributed by atoms with E-state index in [2.05, 4.69) is 5.10 Å². The number of sulfonamides is 1. The minimum Gasteiger partial charge on any atom is -0.272 e. The van der Waals surface area contributed by atoms with E-state index in [0.29, 0.717) is 11.4 Å². The molecule has 2 aliphatic carbocycles. The molecule has 0 N–H and O–H groups in total. The second kappa shape index (κ2) is 6.57. The number of hydrogen-bond acceptors (Lipinski definition) is 3. The summed E-state index contributed by atoms with van der Waals surface area (Å²) in [6, 6.07) is 8.91. The van der Waals surface area contributed by atoms with Crippen LogP contribution in [0, 0.1) is 0 Å². The van der Waals surface area contributed by atoms with Gasteiger partial charge in [0.15, 0.2) is 0 Å². The number of aryl methyl sites for hydroxylation is 1. The SMILES string of the molecule is Cn1nc(CN(C2CCCC2)S(=O)(=O)c2ccccc2)c2c1CCC2.